The van der Waals surface area contributed by atoms with Gasteiger partial charge in [-0.05, 0) is 6.07 Å². The summed E-state index contributed by atoms with van der Waals surface area (Å²) in [7, 11) is 1.53. The molecule has 68 valence electrons. The molecule has 0 aromatic carbocycles. The lowest BCUT2D eigenvalue weighted by Crippen LogP contribution is -2.16. The molecular formula is C9H9NO3. The molecule has 4 heteroatoms. The van der Waals surface area contributed by atoms with Gasteiger partial charge in [0, 0.05) is 12.5 Å². The second-order valence-corrected chi connectivity index (χ2v) is 2.73. The molecule has 0 atom stereocenters. The van der Waals surface area contributed by atoms with Gasteiger partial charge >= 0.3 is 0 Å². The van der Waals surface area contributed by atoms with Gasteiger partial charge in [-0.3, -0.25) is 4.79 Å². The van der Waals surface area contributed by atoms with E-state index in [9.17, 15) is 4.79 Å². The maximum atomic E-state index is 11.3. The van der Waals surface area contributed by atoms with Crippen molar-refractivity contribution in [3.8, 4) is 11.8 Å². The van der Waals surface area contributed by atoms with E-state index >= 15 is 0 Å². The van der Waals surface area contributed by atoms with E-state index in [-0.39, 0.29) is 5.78 Å². The number of pyridine rings is 1. The van der Waals surface area contributed by atoms with Gasteiger partial charge in [0.2, 0.25) is 11.8 Å². The van der Waals surface area contributed by atoms with Crippen molar-refractivity contribution in [2.45, 2.75) is 6.42 Å². The summed E-state index contributed by atoms with van der Waals surface area (Å²) in [5.41, 5.74) is 0.548. The predicted octanol–water partition coefficient (Wildman–Crippen LogP) is 1.06. The van der Waals surface area contributed by atoms with Crippen LogP contribution in [0, 0.1) is 0 Å². The minimum Gasteiger partial charge on any atom is -0.481 e. The maximum Gasteiger partial charge on any atom is 0.227 e. The highest BCUT2D eigenvalue weighted by Crippen LogP contribution is 2.24. The molecule has 2 rings (SSSR count). The van der Waals surface area contributed by atoms with Gasteiger partial charge in [-0.2, -0.15) is 4.98 Å². The van der Waals surface area contributed by atoms with Gasteiger partial charge < -0.3 is 9.47 Å². The van der Waals surface area contributed by atoms with E-state index in [1.807, 2.05) is 0 Å². The number of aromatic nitrogens is 1. The SMILES string of the molecule is COc1ccc2c(n1)OCCC2=O. The molecule has 0 N–H and O–H groups in total. The Morgan fingerprint density at radius 1 is 1.54 bits per heavy atom. The van der Waals surface area contributed by atoms with E-state index in [4.69, 9.17) is 9.47 Å². The third-order valence-corrected chi connectivity index (χ3v) is 1.91. The number of hydrogen-bond donors (Lipinski definition) is 0. The molecule has 0 saturated heterocycles. The van der Waals surface area contributed by atoms with Gasteiger partial charge in [-0.1, -0.05) is 0 Å². The van der Waals surface area contributed by atoms with E-state index in [1.54, 1.807) is 12.1 Å². The van der Waals surface area contributed by atoms with Crippen LogP contribution in [0.15, 0.2) is 12.1 Å². The zero-order valence-corrected chi connectivity index (χ0v) is 7.24. The van der Waals surface area contributed by atoms with Crippen LogP contribution in [0.5, 0.6) is 11.8 Å². The molecule has 4 nitrogen and oxygen atoms in total. The van der Waals surface area contributed by atoms with E-state index in [2.05, 4.69) is 4.98 Å². The minimum atomic E-state index is 0.0800. The summed E-state index contributed by atoms with van der Waals surface area (Å²) in [4.78, 5) is 15.3. The summed E-state index contributed by atoms with van der Waals surface area (Å²) in [5, 5.41) is 0. The van der Waals surface area contributed by atoms with Crippen molar-refractivity contribution in [1.29, 1.82) is 0 Å². The third-order valence-electron chi connectivity index (χ3n) is 1.91. The highest BCUT2D eigenvalue weighted by molar-refractivity contribution is 5.99. The molecule has 0 bridgehead atoms. The Bertz CT molecular complexity index is 349. The lowest BCUT2D eigenvalue weighted by atomic mass is 10.1. The first kappa shape index (κ1) is 8.04. The quantitative estimate of drug-likeness (QED) is 0.646. The summed E-state index contributed by atoms with van der Waals surface area (Å²) in [5.74, 6) is 0.931. The molecule has 2 heterocycles. The van der Waals surface area contributed by atoms with Crippen LogP contribution < -0.4 is 9.47 Å². The number of carbonyl (C=O) groups is 1. The average Bonchev–Trinajstić information content (AvgIpc) is 2.18. The molecule has 0 saturated carbocycles. The van der Waals surface area contributed by atoms with E-state index in [1.165, 1.54) is 7.11 Å². The van der Waals surface area contributed by atoms with Crippen molar-refractivity contribution < 1.29 is 14.3 Å². The Morgan fingerprint density at radius 3 is 3.15 bits per heavy atom. The molecule has 0 radical (unpaired) electrons. The van der Waals surface area contributed by atoms with Gasteiger partial charge in [0.05, 0.1) is 19.3 Å². The van der Waals surface area contributed by atoms with Crippen molar-refractivity contribution in [3.05, 3.63) is 17.7 Å². The zero-order chi connectivity index (χ0) is 9.26. The van der Waals surface area contributed by atoms with Crippen LogP contribution in [0.2, 0.25) is 0 Å². The molecule has 0 spiro atoms. The normalized spacial score (nSPS) is 14.7. The summed E-state index contributed by atoms with van der Waals surface area (Å²) < 4.78 is 10.1. The molecule has 1 aromatic heterocycles. The molecule has 1 aliphatic heterocycles. The first-order chi connectivity index (χ1) is 6.31. The Labute approximate surface area is 75.5 Å². The first-order valence-electron chi connectivity index (χ1n) is 4.02. The Balaban J connectivity index is 2.45. The van der Waals surface area contributed by atoms with E-state index < -0.39 is 0 Å². The zero-order valence-electron chi connectivity index (χ0n) is 7.24. The number of ketones is 1. The number of nitrogens with zero attached hydrogens (tertiary/aromatic N) is 1. The van der Waals surface area contributed by atoms with Crippen LogP contribution in [0.1, 0.15) is 16.8 Å². The standard InChI is InChI=1S/C9H9NO3/c1-12-8-3-2-6-7(11)4-5-13-9(6)10-8/h2-3H,4-5H2,1H3. The number of hydrogen-bond acceptors (Lipinski definition) is 4. The number of ether oxygens (including phenoxy) is 2. The number of methoxy groups -OCH3 is 1. The van der Waals surface area contributed by atoms with Crippen LogP contribution >= 0.6 is 0 Å². The lowest BCUT2D eigenvalue weighted by molar-refractivity contribution is 0.0929. The topological polar surface area (TPSA) is 48.4 Å². The first-order valence-corrected chi connectivity index (χ1v) is 4.02. The molecule has 1 aromatic rings. The Morgan fingerprint density at radius 2 is 2.38 bits per heavy atom. The van der Waals surface area contributed by atoms with Crippen molar-refractivity contribution >= 4 is 5.78 Å². The number of Topliss-reactive ketones (excluding diaryl/α,β-unsaturated/α-hetero) is 1. The molecule has 0 aliphatic carbocycles. The smallest absolute Gasteiger partial charge is 0.227 e. The molecule has 0 unspecified atom stereocenters. The summed E-state index contributed by atoms with van der Waals surface area (Å²) >= 11 is 0. The highest BCUT2D eigenvalue weighted by Gasteiger charge is 2.19. The summed E-state index contributed by atoms with van der Waals surface area (Å²) in [6.07, 6.45) is 0.432. The van der Waals surface area contributed by atoms with Gasteiger partial charge in [-0.15, -0.1) is 0 Å². The number of fused-ring (bicyclic) bond motifs is 1. The fourth-order valence-electron chi connectivity index (χ4n) is 1.23. The van der Waals surface area contributed by atoms with Crippen LogP contribution in [0.3, 0.4) is 0 Å². The largest absolute Gasteiger partial charge is 0.481 e. The van der Waals surface area contributed by atoms with Crippen molar-refractivity contribution in [2.24, 2.45) is 0 Å². The van der Waals surface area contributed by atoms with Gasteiger partial charge in [0.25, 0.3) is 0 Å². The maximum absolute atomic E-state index is 11.3. The second kappa shape index (κ2) is 3.05. The lowest BCUT2D eigenvalue weighted by Gasteiger charge is -2.14. The molecule has 13 heavy (non-hydrogen) atoms. The van der Waals surface area contributed by atoms with Crippen molar-refractivity contribution in [2.75, 3.05) is 13.7 Å². The molecule has 0 amide bonds. The van der Waals surface area contributed by atoms with Gasteiger partial charge in [0.1, 0.15) is 0 Å². The number of carbonyl (C=O) groups excluding carboxylic acids is 1. The Hall–Kier alpha value is -1.58. The second-order valence-electron chi connectivity index (χ2n) is 2.73. The minimum absolute atomic E-state index is 0.0800. The highest BCUT2D eigenvalue weighted by atomic mass is 16.5. The van der Waals surface area contributed by atoms with Crippen molar-refractivity contribution in [3.63, 3.8) is 0 Å². The van der Waals surface area contributed by atoms with Crippen LogP contribution in [0.4, 0.5) is 0 Å². The van der Waals surface area contributed by atoms with Crippen LogP contribution in [-0.2, 0) is 0 Å². The fourth-order valence-corrected chi connectivity index (χ4v) is 1.23. The molecular weight excluding hydrogens is 170 g/mol. The summed E-state index contributed by atoms with van der Waals surface area (Å²) in [6.45, 7) is 0.409. The monoisotopic (exact) mass is 179 g/mol. The Kier molecular flexibility index (Phi) is 1.88. The summed E-state index contributed by atoms with van der Waals surface area (Å²) in [6, 6.07) is 3.34. The molecule has 1 aliphatic rings. The third kappa shape index (κ3) is 1.35. The van der Waals surface area contributed by atoms with E-state index in [0.29, 0.717) is 30.4 Å². The van der Waals surface area contributed by atoms with Gasteiger partial charge in [-0.25, -0.2) is 0 Å². The predicted molar refractivity (Wildman–Crippen MR) is 45.2 cm³/mol. The van der Waals surface area contributed by atoms with Gasteiger partial charge in [0.15, 0.2) is 5.78 Å². The fraction of sp³-hybridized carbons (Fsp3) is 0.333. The van der Waals surface area contributed by atoms with Crippen LogP contribution in [0.25, 0.3) is 0 Å². The molecule has 0 fully saturated rings. The van der Waals surface area contributed by atoms with Crippen LogP contribution in [-0.4, -0.2) is 24.5 Å². The van der Waals surface area contributed by atoms with E-state index in [0.717, 1.165) is 0 Å². The van der Waals surface area contributed by atoms with Crippen molar-refractivity contribution in [1.82, 2.24) is 4.98 Å². The number of rotatable bonds is 1. The average molecular weight is 179 g/mol.